The molecule has 0 saturated carbocycles. The van der Waals surface area contributed by atoms with Crippen molar-refractivity contribution in [1.82, 2.24) is 5.32 Å². The molecule has 1 aliphatic rings. The first kappa shape index (κ1) is 16.8. The lowest BCUT2D eigenvalue weighted by atomic mass is 9.84. The number of carboxylic acids is 1. The van der Waals surface area contributed by atoms with E-state index in [1.54, 1.807) is 6.92 Å². The average Bonchev–Trinajstić information content (AvgIpc) is 2.38. The number of ether oxygens (including phenoxy) is 1. The Bertz CT molecular complexity index is 362. The van der Waals surface area contributed by atoms with Crippen LogP contribution in [0.5, 0.6) is 0 Å². The van der Waals surface area contributed by atoms with E-state index in [2.05, 4.69) is 5.32 Å². The average molecular weight is 291 g/mol. The molecule has 6 unspecified atom stereocenters. The molecular weight excluding hydrogens is 270 g/mol. The van der Waals surface area contributed by atoms with Gasteiger partial charge in [-0.25, -0.2) is 4.79 Å². The number of aliphatic hydroxyl groups excluding tert-OH is 3. The van der Waals surface area contributed by atoms with Crippen LogP contribution in [0.15, 0.2) is 0 Å². The Morgan fingerprint density at radius 1 is 1.40 bits per heavy atom. The second-order valence-electron chi connectivity index (χ2n) is 5.11. The molecule has 8 heteroatoms. The minimum atomic E-state index is -1.50. The fourth-order valence-electron chi connectivity index (χ4n) is 2.38. The zero-order valence-electron chi connectivity index (χ0n) is 11.4. The van der Waals surface area contributed by atoms with Gasteiger partial charge in [0.25, 0.3) is 0 Å². The highest BCUT2D eigenvalue weighted by Crippen LogP contribution is 2.28. The van der Waals surface area contributed by atoms with Crippen molar-refractivity contribution in [2.75, 3.05) is 6.61 Å². The molecule has 8 nitrogen and oxygen atoms in total. The van der Waals surface area contributed by atoms with E-state index in [0.29, 0.717) is 0 Å². The monoisotopic (exact) mass is 291 g/mol. The van der Waals surface area contributed by atoms with E-state index in [4.69, 9.17) is 14.9 Å². The zero-order valence-corrected chi connectivity index (χ0v) is 11.4. The van der Waals surface area contributed by atoms with E-state index in [1.807, 2.05) is 0 Å². The van der Waals surface area contributed by atoms with Crippen LogP contribution in [-0.2, 0) is 14.3 Å². The maximum Gasteiger partial charge on any atom is 0.332 e. The number of rotatable bonds is 5. The normalized spacial score (nSPS) is 33.2. The molecule has 1 saturated heterocycles. The third-order valence-corrected chi connectivity index (χ3v) is 3.44. The molecule has 0 aliphatic carbocycles. The molecule has 0 radical (unpaired) electrons. The van der Waals surface area contributed by atoms with Crippen molar-refractivity contribution < 1.29 is 34.8 Å². The molecule has 1 aliphatic heterocycles. The number of carbonyl (C=O) groups is 2. The maximum atomic E-state index is 11.2. The second-order valence-corrected chi connectivity index (χ2v) is 5.11. The quantitative estimate of drug-likeness (QED) is 0.398. The van der Waals surface area contributed by atoms with Crippen molar-refractivity contribution in [3.8, 4) is 0 Å². The van der Waals surface area contributed by atoms with Gasteiger partial charge in [-0.1, -0.05) is 6.92 Å². The summed E-state index contributed by atoms with van der Waals surface area (Å²) in [4.78, 5) is 22.2. The number of hydrogen-bond acceptors (Lipinski definition) is 6. The Morgan fingerprint density at radius 3 is 2.45 bits per heavy atom. The van der Waals surface area contributed by atoms with Crippen LogP contribution in [-0.4, -0.2) is 69.4 Å². The van der Waals surface area contributed by atoms with Crippen LogP contribution in [0.1, 0.15) is 20.3 Å². The molecule has 5 N–H and O–H groups in total. The van der Waals surface area contributed by atoms with Crippen molar-refractivity contribution in [3.05, 3.63) is 0 Å². The highest BCUT2D eigenvalue weighted by molar-refractivity contribution is 5.74. The topological polar surface area (TPSA) is 136 Å². The third-order valence-electron chi connectivity index (χ3n) is 3.44. The van der Waals surface area contributed by atoms with Crippen LogP contribution in [0.25, 0.3) is 0 Å². The van der Waals surface area contributed by atoms with Gasteiger partial charge in [0.15, 0.2) is 6.10 Å². The van der Waals surface area contributed by atoms with Crippen molar-refractivity contribution in [3.63, 3.8) is 0 Å². The lowest BCUT2D eigenvalue weighted by Gasteiger charge is -2.42. The number of carbonyl (C=O) groups excluding carboxylic acids is 1. The molecule has 0 aromatic rings. The van der Waals surface area contributed by atoms with Crippen LogP contribution in [0.2, 0.25) is 0 Å². The van der Waals surface area contributed by atoms with E-state index in [9.17, 15) is 19.8 Å². The Labute approximate surface area is 116 Å². The van der Waals surface area contributed by atoms with Crippen molar-refractivity contribution in [2.24, 2.45) is 5.92 Å². The number of aliphatic hydroxyl groups is 3. The molecule has 1 heterocycles. The van der Waals surface area contributed by atoms with Gasteiger partial charge in [-0.15, -0.1) is 0 Å². The first-order valence-electron chi connectivity index (χ1n) is 6.40. The molecule has 0 aromatic heterocycles. The molecule has 116 valence electrons. The van der Waals surface area contributed by atoms with Gasteiger partial charge in [-0.05, 0) is 12.3 Å². The van der Waals surface area contributed by atoms with E-state index >= 15 is 0 Å². The number of aliphatic carboxylic acids is 1. The number of hydrogen-bond donors (Lipinski definition) is 5. The summed E-state index contributed by atoms with van der Waals surface area (Å²) in [6, 6.07) is -0.640. The first-order valence-corrected chi connectivity index (χ1v) is 6.40. The molecular formula is C12H21NO7. The zero-order chi connectivity index (χ0) is 15.4. The predicted octanol–water partition coefficient (Wildman–Crippen LogP) is -1.92. The summed E-state index contributed by atoms with van der Waals surface area (Å²) in [5.74, 6) is -1.79. The lowest BCUT2D eigenvalue weighted by Crippen LogP contribution is -2.61. The minimum absolute atomic E-state index is 0.179. The molecule has 6 atom stereocenters. The first-order chi connectivity index (χ1) is 9.27. The van der Waals surface area contributed by atoms with Gasteiger partial charge in [0.1, 0.15) is 18.3 Å². The van der Waals surface area contributed by atoms with Crippen LogP contribution >= 0.6 is 0 Å². The second kappa shape index (κ2) is 6.98. The van der Waals surface area contributed by atoms with E-state index in [-0.39, 0.29) is 18.2 Å². The van der Waals surface area contributed by atoms with Gasteiger partial charge in [0, 0.05) is 6.92 Å². The van der Waals surface area contributed by atoms with Crippen molar-refractivity contribution in [2.45, 2.75) is 50.7 Å². The Hall–Kier alpha value is -1.22. The van der Waals surface area contributed by atoms with E-state index in [1.165, 1.54) is 6.92 Å². The summed E-state index contributed by atoms with van der Waals surface area (Å²) in [7, 11) is 0. The molecule has 1 fully saturated rings. The van der Waals surface area contributed by atoms with Gasteiger partial charge < -0.3 is 30.5 Å². The highest BCUT2D eigenvalue weighted by atomic mass is 16.5. The van der Waals surface area contributed by atoms with Gasteiger partial charge in [0.2, 0.25) is 5.91 Å². The summed E-state index contributed by atoms with van der Waals surface area (Å²) in [5, 5.41) is 39.9. The standard InChI is InChI=1S/C12H21NO7/c1-5-3-8(12(18)19)20-11(9(5)13-6(2)15)10(17)7(16)4-14/h5,7-11,14,16-17H,3-4H2,1-2H3,(H,13,15)(H,18,19). The molecule has 0 bridgehead atoms. The fraction of sp³-hybridized carbons (Fsp3) is 0.833. The molecule has 0 spiro atoms. The molecule has 20 heavy (non-hydrogen) atoms. The minimum Gasteiger partial charge on any atom is -0.479 e. The molecule has 1 rings (SSSR count). The summed E-state index contributed by atoms with van der Waals surface area (Å²) >= 11 is 0. The van der Waals surface area contributed by atoms with Gasteiger partial charge in [-0.3, -0.25) is 4.79 Å². The Balaban J connectivity index is 2.94. The lowest BCUT2D eigenvalue weighted by molar-refractivity contribution is -0.187. The van der Waals surface area contributed by atoms with Gasteiger partial charge >= 0.3 is 5.97 Å². The Kier molecular flexibility index (Phi) is 5.88. The van der Waals surface area contributed by atoms with Crippen molar-refractivity contribution >= 4 is 11.9 Å². The molecule has 0 aromatic carbocycles. The number of amides is 1. The maximum absolute atomic E-state index is 11.2. The van der Waals surface area contributed by atoms with E-state index in [0.717, 1.165) is 0 Å². The van der Waals surface area contributed by atoms with Crippen LogP contribution in [0.4, 0.5) is 0 Å². The third kappa shape index (κ3) is 3.89. The predicted molar refractivity (Wildman–Crippen MR) is 66.8 cm³/mol. The fourth-order valence-corrected chi connectivity index (χ4v) is 2.38. The number of nitrogens with one attached hydrogen (secondary N) is 1. The summed E-state index contributed by atoms with van der Waals surface area (Å²) in [5.41, 5.74) is 0. The highest BCUT2D eigenvalue weighted by Gasteiger charge is 2.44. The summed E-state index contributed by atoms with van der Waals surface area (Å²) in [6.45, 7) is 2.33. The van der Waals surface area contributed by atoms with Crippen LogP contribution in [0, 0.1) is 5.92 Å². The van der Waals surface area contributed by atoms with E-state index < -0.39 is 43.0 Å². The van der Waals surface area contributed by atoms with Crippen LogP contribution < -0.4 is 5.32 Å². The van der Waals surface area contributed by atoms with Gasteiger partial charge in [0.05, 0.1) is 12.6 Å². The SMILES string of the molecule is CC(=O)NC1C(C)CC(C(=O)O)OC1C(O)C(O)CO. The summed E-state index contributed by atoms with van der Waals surface area (Å²) in [6.07, 6.45) is -5.03. The smallest absolute Gasteiger partial charge is 0.332 e. The van der Waals surface area contributed by atoms with Crippen molar-refractivity contribution in [1.29, 1.82) is 0 Å². The Morgan fingerprint density at radius 2 is 2.00 bits per heavy atom. The molecule has 1 amide bonds. The van der Waals surface area contributed by atoms with Crippen LogP contribution in [0.3, 0.4) is 0 Å². The largest absolute Gasteiger partial charge is 0.479 e. The number of carboxylic acid groups (broad SMARTS) is 1. The summed E-state index contributed by atoms with van der Waals surface area (Å²) < 4.78 is 5.28. The van der Waals surface area contributed by atoms with Gasteiger partial charge in [-0.2, -0.15) is 0 Å².